The van der Waals surface area contributed by atoms with E-state index in [9.17, 15) is 0 Å². The molecule has 5 nitrogen and oxygen atoms in total. The SMILES string of the molecule is COCCOCCOCCOCc1sccc1C#CCO. The highest BCUT2D eigenvalue weighted by molar-refractivity contribution is 7.10. The van der Waals surface area contributed by atoms with Gasteiger partial charge in [0.05, 0.1) is 46.2 Å². The maximum absolute atomic E-state index is 8.69. The number of aliphatic hydroxyl groups excluding tert-OH is 1. The molecule has 118 valence electrons. The number of rotatable bonds is 11. The van der Waals surface area contributed by atoms with E-state index in [1.165, 1.54) is 0 Å². The summed E-state index contributed by atoms with van der Waals surface area (Å²) in [4.78, 5) is 1.07. The molecule has 21 heavy (non-hydrogen) atoms. The minimum absolute atomic E-state index is 0.129. The highest BCUT2D eigenvalue weighted by atomic mass is 32.1. The van der Waals surface area contributed by atoms with Crippen molar-refractivity contribution in [2.75, 3.05) is 53.4 Å². The summed E-state index contributed by atoms with van der Waals surface area (Å²) in [6, 6.07) is 1.93. The van der Waals surface area contributed by atoms with Crippen molar-refractivity contribution in [1.29, 1.82) is 0 Å². The lowest BCUT2D eigenvalue weighted by atomic mass is 10.2. The largest absolute Gasteiger partial charge is 0.384 e. The van der Waals surface area contributed by atoms with Crippen LogP contribution in [0.15, 0.2) is 11.4 Å². The highest BCUT2D eigenvalue weighted by Gasteiger charge is 2.01. The first-order chi connectivity index (χ1) is 10.4. The van der Waals surface area contributed by atoms with Crippen LogP contribution < -0.4 is 0 Å². The fourth-order valence-electron chi connectivity index (χ4n) is 1.45. The molecule has 6 heteroatoms. The number of hydrogen-bond donors (Lipinski definition) is 1. The summed E-state index contributed by atoms with van der Waals surface area (Å²) in [6.45, 7) is 3.77. The Morgan fingerprint density at radius 3 is 2.38 bits per heavy atom. The first-order valence-corrected chi connectivity index (χ1v) is 7.64. The highest BCUT2D eigenvalue weighted by Crippen LogP contribution is 2.16. The fraction of sp³-hybridized carbons (Fsp3) is 0.600. The van der Waals surface area contributed by atoms with Crippen molar-refractivity contribution in [1.82, 2.24) is 0 Å². The third-order valence-electron chi connectivity index (χ3n) is 2.46. The summed E-state index contributed by atoms with van der Waals surface area (Å²) >= 11 is 1.60. The maximum atomic E-state index is 8.69. The van der Waals surface area contributed by atoms with Crippen LogP contribution in [0.4, 0.5) is 0 Å². The van der Waals surface area contributed by atoms with E-state index in [1.54, 1.807) is 18.4 Å². The molecule has 0 saturated heterocycles. The molecule has 0 aromatic carbocycles. The Morgan fingerprint density at radius 2 is 1.71 bits per heavy atom. The van der Waals surface area contributed by atoms with Gasteiger partial charge in [0.1, 0.15) is 6.61 Å². The van der Waals surface area contributed by atoms with Crippen molar-refractivity contribution in [3.63, 3.8) is 0 Å². The van der Waals surface area contributed by atoms with Crippen molar-refractivity contribution in [2.45, 2.75) is 6.61 Å². The molecule has 1 heterocycles. The van der Waals surface area contributed by atoms with Crippen molar-refractivity contribution in [3.8, 4) is 11.8 Å². The van der Waals surface area contributed by atoms with E-state index in [-0.39, 0.29) is 6.61 Å². The van der Waals surface area contributed by atoms with Gasteiger partial charge in [-0.1, -0.05) is 11.8 Å². The lowest BCUT2D eigenvalue weighted by Crippen LogP contribution is -2.11. The Hall–Kier alpha value is -0.940. The third-order valence-corrected chi connectivity index (χ3v) is 3.35. The van der Waals surface area contributed by atoms with Gasteiger partial charge in [-0.3, -0.25) is 0 Å². The second-order valence-corrected chi connectivity index (χ2v) is 4.99. The molecule has 0 aliphatic heterocycles. The molecule has 0 aliphatic rings. The third kappa shape index (κ3) is 8.83. The van der Waals surface area contributed by atoms with Crippen LogP contribution in [0.2, 0.25) is 0 Å². The average molecular weight is 314 g/mol. The van der Waals surface area contributed by atoms with Crippen LogP contribution in [-0.4, -0.2) is 58.5 Å². The van der Waals surface area contributed by atoms with Gasteiger partial charge in [0, 0.05) is 17.6 Å². The molecule has 0 bridgehead atoms. The monoisotopic (exact) mass is 314 g/mol. The number of aliphatic hydroxyl groups is 1. The number of hydrogen-bond acceptors (Lipinski definition) is 6. The number of methoxy groups -OCH3 is 1. The summed E-state index contributed by atoms with van der Waals surface area (Å²) in [5.74, 6) is 5.54. The smallest absolute Gasteiger partial charge is 0.104 e. The second kappa shape index (κ2) is 12.8. The topological polar surface area (TPSA) is 57.2 Å². The summed E-state index contributed by atoms with van der Waals surface area (Å²) in [5, 5.41) is 10.7. The zero-order valence-corrected chi connectivity index (χ0v) is 13.1. The minimum atomic E-state index is -0.129. The molecular formula is C15H22O5S. The van der Waals surface area contributed by atoms with Crippen LogP contribution in [0, 0.1) is 11.8 Å². The van der Waals surface area contributed by atoms with Crippen LogP contribution in [0.5, 0.6) is 0 Å². The lowest BCUT2D eigenvalue weighted by Gasteiger charge is -2.06. The number of thiophene rings is 1. The van der Waals surface area contributed by atoms with Gasteiger partial charge in [-0.25, -0.2) is 0 Å². The summed E-state index contributed by atoms with van der Waals surface area (Å²) < 4.78 is 21.0. The van der Waals surface area contributed by atoms with Gasteiger partial charge < -0.3 is 24.1 Å². The van der Waals surface area contributed by atoms with Gasteiger partial charge in [-0.15, -0.1) is 11.3 Å². The Balaban J connectivity index is 2.01. The van der Waals surface area contributed by atoms with Crippen molar-refractivity contribution < 1.29 is 24.1 Å². The van der Waals surface area contributed by atoms with E-state index in [1.807, 2.05) is 11.4 Å². The van der Waals surface area contributed by atoms with E-state index in [4.69, 9.17) is 24.1 Å². The molecule has 0 unspecified atom stereocenters. The number of ether oxygens (including phenoxy) is 4. The predicted molar refractivity (Wildman–Crippen MR) is 81.5 cm³/mol. The van der Waals surface area contributed by atoms with Crippen molar-refractivity contribution >= 4 is 11.3 Å². The molecule has 0 atom stereocenters. The lowest BCUT2D eigenvalue weighted by molar-refractivity contribution is 0.00118. The zero-order valence-electron chi connectivity index (χ0n) is 12.3. The zero-order chi connectivity index (χ0) is 15.2. The van der Waals surface area contributed by atoms with Crippen molar-refractivity contribution in [3.05, 3.63) is 21.9 Å². The van der Waals surface area contributed by atoms with Gasteiger partial charge in [0.2, 0.25) is 0 Å². The Bertz CT molecular complexity index is 421. The average Bonchev–Trinajstić information content (AvgIpc) is 2.94. The molecule has 0 amide bonds. The first kappa shape index (κ1) is 18.1. The summed E-state index contributed by atoms with van der Waals surface area (Å²) in [7, 11) is 1.64. The molecule has 0 saturated carbocycles. The van der Waals surface area contributed by atoms with E-state index in [0.717, 1.165) is 10.4 Å². The van der Waals surface area contributed by atoms with E-state index in [2.05, 4.69) is 11.8 Å². The normalized spacial score (nSPS) is 10.4. The summed E-state index contributed by atoms with van der Waals surface area (Å²) in [5.41, 5.74) is 0.918. The fourth-order valence-corrected chi connectivity index (χ4v) is 2.21. The molecule has 1 rings (SSSR count). The van der Waals surface area contributed by atoms with Gasteiger partial charge >= 0.3 is 0 Å². The predicted octanol–water partition coefficient (Wildman–Crippen LogP) is 1.29. The van der Waals surface area contributed by atoms with Gasteiger partial charge in [0.15, 0.2) is 0 Å². The maximum Gasteiger partial charge on any atom is 0.104 e. The van der Waals surface area contributed by atoms with Crippen LogP contribution in [0.1, 0.15) is 10.4 Å². The van der Waals surface area contributed by atoms with Crippen LogP contribution >= 0.6 is 11.3 Å². The van der Waals surface area contributed by atoms with Crippen molar-refractivity contribution in [2.24, 2.45) is 0 Å². The molecule has 0 aliphatic carbocycles. The Morgan fingerprint density at radius 1 is 1.05 bits per heavy atom. The Labute approximate surface area is 129 Å². The van der Waals surface area contributed by atoms with E-state index < -0.39 is 0 Å². The van der Waals surface area contributed by atoms with Gasteiger partial charge in [0.25, 0.3) is 0 Å². The molecule has 0 radical (unpaired) electrons. The molecule has 0 fully saturated rings. The molecule has 1 N–H and O–H groups in total. The second-order valence-electron chi connectivity index (χ2n) is 3.99. The molecule has 1 aromatic rings. The quantitative estimate of drug-likeness (QED) is 0.493. The first-order valence-electron chi connectivity index (χ1n) is 6.76. The van der Waals surface area contributed by atoms with Gasteiger partial charge in [-0.2, -0.15) is 0 Å². The minimum Gasteiger partial charge on any atom is -0.384 e. The van der Waals surface area contributed by atoms with E-state index >= 15 is 0 Å². The molecule has 1 aromatic heterocycles. The van der Waals surface area contributed by atoms with Crippen LogP contribution in [0.25, 0.3) is 0 Å². The van der Waals surface area contributed by atoms with Crippen LogP contribution in [-0.2, 0) is 25.6 Å². The summed E-state index contributed by atoms with van der Waals surface area (Å²) in [6.07, 6.45) is 0. The van der Waals surface area contributed by atoms with Gasteiger partial charge in [-0.05, 0) is 11.4 Å². The standard InChI is InChI=1S/C15H22O5S/c1-17-6-7-18-8-9-19-10-11-20-13-15-14(3-2-5-16)4-12-21-15/h4,12,16H,5-11,13H2,1H3. The Kier molecular flexibility index (Phi) is 11.0. The van der Waals surface area contributed by atoms with Crippen LogP contribution in [0.3, 0.4) is 0 Å². The molecular weight excluding hydrogens is 292 g/mol. The molecule has 0 spiro atoms. The van der Waals surface area contributed by atoms with E-state index in [0.29, 0.717) is 46.2 Å².